The van der Waals surface area contributed by atoms with E-state index in [1.165, 1.54) is 29.6 Å². The number of sulfonamides is 1. The van der Waals surface area contributed by atoms with Crippen LogP contribution >= 0.6 is 0 Å². The minimum absolute atomic E-state index is 0.0503. The molecular formula is C17H22N4O5S. The maximum atomic E-state index is 13.4. The molecule has 0 amide bonds. The molecule has 1 aromatic heterocycles. The first-order valence-electron chi connectivity index (χ1n) is 8.78. The van der Waals surface area contributed by atoms with Crippen molar-refractivity contribution in [2.45, 2.75) is 10.9 Å². The number of benzene rings is 1. The zero-order valence-electron chi connectivity index (χ0n) is 15.2. The second-order valence-electron chi connectivity index (χ2n) is 7.35. The Bertz CT molecular complexity index is 1110. The molecule has 27 heavy (non-hydrogen) atoms. The van der Waals surface area contributed by atoms with E-state index in [-0.39, 0.29) is 22.2 Å². The van der Waals surface area contributed by atoms with E-state index in [0.717, 1.165) is 11.1 Å². The highest BCUT2D eigenvalue weighted by Crippen LogP contribution is 2.26. The van der Waals surface area contributed by atoms with E-state index in [4.69, 9.17) is 4.74 Å². The summed E-state index contributed by atoms with van der Waals surface area (Å²) in [7, 11) is -0.470. The molecule has 0 spiro atoms. The van der Waals surface area contributed by atoms with Crippen molar-refractivity contribution in [1.82, 2.24) is 18.8 Å². The van der Waals surface area contributed by atoms with Crippen LogP contribution in [0.2, 0.25) is 0 Å². The van der Waals surface area contributed by atoms with Crippen LogP contribution in [0.5, 0.6) is 0 Å². The third-order valence-corrected chi connectivity index (χ3v) is 7.19. The van der Waals surface area contributed by atoms with Crippen molar-refractivity contribution < 1.29 is 13.2 Å². The molecular weight excluding hydrogens is 372 g/mol. The van der Waals surface area contributed by atoms with Crippen LogP contribution < -0.4 is 11.2 Å². The molecule has 2 saturated heterocycles. The fourth-order valence-electron chi connectivity index (χ4n) is 3.91. The van der Waals surface area contributed by atoms with E-state index >= 15 is 0 Å². The third-order valence-electron chi connectivity index (χ3n) is 5.28. The zero-order valence-corrected chi connectivity index (χ0v) is 16.0. The van der Waals surface area contributed by atoms with Gasteiger partial charge in [0.15, 0.2) is 0 Å². The monoisotopic (exact) mass is 394 g/mol. The van der Waals surface area contributed by atoms with Gasteiger partial charge in [-0.25, -0.2) is 13.2 Å². The van der Waals surface area contributed by atoms with Crippen LogP contribution in [0.3, 0.4) is 0 Å². The Kier molecular flexibility index (Phi) is 4.46. The van der Waals surface area contributed by atoms with Crippen LogP contribution in [-0.2, 0) is 21.8 Å². The lowest BCUT2D eigenvalue weighted by Crippen LogP contribution is -2.45. The Labute approximate surface area is 156 Å². The number of ether oxygens (including phenoxy) is 1. The van der Waals surface area contributed by atoms with Crippen molar-refractivity contribution in [1.29, 1.82) is 0 Å². The van der Waals surface area contributed by atoms with Crippen LogP contribution in [0.4, 0.5) is 0 Å². The summed E-state index contributed by atoms with van der Waals surface area (Å²) in [6, 6.07) is 3.98. The average molecular weight is 394 g/mol. The van der Waals surface area contributed by atoms with Crippen LogP contribution in [0.25, 0.3) is 10.9 Å². The largest absolute Gasteiger partial charge is 0.379 e. The molecule has 146 valence electrons. The molecule has 4 rings (SSSR count). The molecule has 2 atom stereocenters. The second kappa shape index (κ2) is 6.55. The van der Waals surface area contributed by atoms with Crippen molar-refractivity contribution >= 4 is 20.9 Å². The predicted molar refractivity (Wildman–Crippen MR) is 99.3 cm³/mol. The quantitative estimate of drug-likeness (QED) is 0.714. The van der Waals surface area contributed by atoms with Gasteiger partial charge in [0.25, 0.3) is 5.56 Å². The Balaban J connectivity index is 1.82. The van der Waals surface area contributed by atoms with E-state index in [1.54, 1.807) is 0 Å². The molecule has 1 N–H and O–H groups in total. The maximum Gasteiger partial charge on any atom is 0.328 e. The van der Waals surface area contributed by atoms with Crippen molar-refractivity contribution in [3.8, 4) is 0 Å². The summed E-state index contributed by atoms with van der Waals surface area (Å²) in [5.41, 5.74) is -0.743. The van der Waals surface area contributed by atoms with Crippen molar-refractivity contribution in [2.75, 3.05) is 39.9 Å². The van der Waals surface area contributed by atoms with Crippen LogP contribution in [-0.4, -0.2) is 73.1 Å². The highest BCUT2D eigenvalue weighted by Gasteiger charge is 2.39. The summed E-state index contributed by atoms with van der Waals surface area (Å²) >= 11 is 0. The first-order valence-corrected chi connectivity index (χ1v) is 10.2. The third kappa shape index (κ3) is 3.12. The number of fused-ring (bicyclic) bond motifs is 4. The fourth-order valence-corrected chi connectivity index (χ4v) is 5.62. The number of nitrogens with one attached hydrogen (secondary N) is 1. The van der Waals surface area contributed by atoms with Gasteiger partial charge in [0, 0.05) is 32.6 Å². The summed E-state index contributed by atoms with van der Waals surface area (Å²) < 4.78 is 34.8. The summed E-state index contributed by atoms with van der Waals surface area (Å²) in [4.78, 5) is 28.9. The number of hydrogen-bond donors (Lipinski definition) is 1. The van der Waals surface area contributed by atoms with Gasteiger partial charge >= 0.3 is 5.69 Å². The number of H-pyrrole nitrogens is 1. The SMILES string of the molecule is CN1C[C@@H]2COC[C@H](C1)N(S(=O)(=O)c1ccc3[nH]c(=O)n(C)c(=O)c3c1)C2. The molecule has 0 radical (unpaired) electrons. The zero-order chi connectivity index (χ0) is 19.3. The summed E-state index contributed by atoms with van der Waals surface area (Å²) in [6.45, 7) is 2.65. The van der Waals surface area contributed by atoms with E-state index in [9.17, 15) is 18.0 Å². The van der Waals surface area contributed by atoms with Gasteiger partial charge < -0.3 is 14.6 Å². The highest BCUT2D eigenvalue weighted by molar-refractivity contribution is 7.89. The van der Waals surface area contributed by atoms with Gasteiger partial charge in [-0.2, -0.15) is 4.31 Å². The molecule has 0 aliphatic carbocycles. The number of hydrogen-bond acceptors (Lipinski definition) is 6. The minimum atomic E-state index is -3.81. The first-order chi connectivity index (χ1) is 12.8. The molecule has 10 heteroatoms. The van der Waals surface area contributed by atoms with E-state index < -0.39 is 21.3 Å². The number of likely N-dealkylation sites (N-methyl/N-ethyl adjacent to an activating group) is 1. The molecule has 1 aromatic carbocycles. The summed E-state index contributed by atoms with van der Waals surface area (Å²) in [6.07, 6.45) is 0. The number of aromatic nitrogens is 2. The van der Waals surface area contributed by atoms with Crippen LogP contribution in [0.15, 0.2) is 32.7 Å². The molecule has 2 bridgehead atoms. The van der Waals surface area contributed by atoms with Crippen LogP contribution in [0, 0.1) is 5.92 Å². The minimum Gasteiger partial charge on any atom is -0.379 e. The van der Waals surface area contributed by atoms with Crippen molar-refractivity contribution in [3.05, 3.63) is 39.0 Å². The van der Waals surface area contributed by atoms with E-state index in [0.29, 0.717) is 31.8 Å². The molecule has 2 fully saturated rings. The molecule has 3 heterocycles. The summed E-state index contributed by atoms with van der Waals surface area (Å²) in [5.74, 6) is 0.0990. The lowest BCUT2D eigenvalue weighted by Gasteiger charge is -2.29. The predicted octanol–water partition coefficient (Wildman–Crippen LogP) is -0.822. The maximum absolute atomic E-state index is 13.4. The Morgan fingerprint density at radius 2 is 1.89 bits per heavy atom. The van der Waals surface area contributed by atoms with Gasteiger partial charge in [0.1, 0.15) is 0 Å². The van der Waals surface area contributed by atoms with Gasteiger partial charge in [-0.1, -0.05) is 0 Å². The lowest BCUT2D eigenvalue weighted by molar-refractivity contribution is 0.0659. The fraction of sp³-hybridized carbons (Fsp3) is 0.529. The molecule has 2 aliphatic rings. The van der Waals surface area contributed by atoms with Crippen molar-refractivity contribution in [2.24, 2.45) is 13.0 Å². The van der Waals surface area contributed by atoms with Gasteiger partial charge in [-0.3, -0.25) is 9.36 Å². The van der Waals surface area contributed by atoms with Gasteiger partial charge in [-0.15, -0.1) is 0 Å². The Morgan fingerprint density at radius 1 is 1.11 bits per heavy atom. The molecule has 2 aliphatic heterocycles. The number of aromatic amines is 1. The molecule has 2 aromatic rings. The van der Waals surface area contributed by atoms with Gasteiger partial charge in [0.2, 0.25) is 10.0 Å². The first kappa shape index (κ1) is 18.4. The molecule has 0 saturated carbocycles. The normalized spacial score (nSPS) is 24.8. The van der Waals surface area contributed by atoms with Crippen molar-refractivity contribution in [3.63, 3.8) is 0 Å². The second-order valence-corrected chi connectivity index (χ2v) is 9.25. The molecule has 0 unspecified atom stereocenters. The van der Waals surface area contributed by atoms with E-state index in [2.05, 4.69) is 9.88 Å². The van der Waals surface area contributed by atoms with Crippen LogP contribution in [0.1, 0.15) is 0 Å². The molecule has 9 nitrogen and oxygen atoms in total. The number of nitrogens with zero attached hydrogens (tertiary/aromatic N) is 3. The van der Waals surface area contributed by atoms with E-state index in [1.807, 2.05) is 7.05 Å². The number of rotatable bonds is 2. The standard InChI is InChI=1S/C17H22N4O5S/c1-19-6-11-7-21(12(8-19)10-26-9-11)27(24,25)13-3-4-15-14(5-13)16(22)20(2)17(23)18-15/h3-5,11-12H,6-10H2,1-2H3,(H,18,23)/t11-,12-/m0/s1. The highest BCUT2D eigenvalue weighted by atomic mass is 32.2. The lowest BCUT2D eigenvalue weighted by atomic mass is 10.1. The Hall–Kier alpha value is -2.01. The Morgan fingerprint density at radius 3 is 2.67 bits per heavy atom. The topological polar surface area (TPSA) is 105 Å². The smallest absolute Gasteiger partial charge is 0.328 e. The van der Waals surface area contributed by atoms with Gasteiger partial charge in [-0.05, 0) is 25.2 Å². The van der Waals surface area contributed by atoms with Gasteiger partial charge in [0.05, 0.1) is 35.1 Å². The summed E-state index contributed by atoms with van der Waals surface area (Å²) in [5, 5.41) is 0.171. The average Bonchev–Trinajstić information content (AvgIpc) is 2.90.